The van der Waals surface area contributed by atoms with Gasteiger partial charge in [0.2, 0.25) is 0 Å². The smallest absolute Gasteiger partial charge is 0.257 e. The molecule has 1 unspecified atom stereocenters. The Labute approximate surface area is 178 Å². The molecule has 0 saturated heterocycles. The Kier molecular flexibility index (Phi) is 4.72. The average Bonchev–Trinajstić information content (AvgIpc) is 3.50. The van der Waals surface area contributed by atoms with Crippen LogP contribution in [0.4, 0.5) is 0 Å². The molecule has 1 amide bonds. The highest BCUT2D eigenvalue weighted by Gasteiger charge is 2.18. The van der Waals surface area contributed by atoms with Crippen molar-refractivity contribution in [3.63, 3.8) is 0 Å². The lowest BCUT2D eigenvalue weighted by Gasteiger charge is -2.14. The van der Waals surface area contributed by atoms with Crippen LogP contribution in [-0.2, 0) is 0 Å². The van der Waals surface area contributed by atoms with Crippen molar-refractivity contribution in [2.45, 2.75) is 13.0 Å². The van der Waals surface area contributed by atoms with Gasteiger partial charge in [0.15, 0.2) is 5.65 Å². The minimum Gasteiger partial charge on any atom is -0.345 e. The van der Waals surface area contributed by atoms with Crippen LogP contribution in [0.15, 0.2) is 85.7 Å². The molecule has 3 heterocycles. The van der Waals surface area contributed by atoms with E-state index in [1.165, 1.54) is 6.33 Å². The zero-order valence-corrected chi connectivity index (χ0v) is 16.8. The molecule has 3 aromatic heterocycles. The van der Waals surface area contributed by atoms with Crippen LogP contribution in [-0.4, -0.2) is 35.3 Å². The van der Waals surface area contributed by atoms with Gasteiger partial charge in [0.05, 0.1) is 23.6 Å². The molecule has 0 spiro atoms. The number of benzene rings is 2. The third-order valence-corrected chi connectivity index (χ3v) is 5.14. The summed E-state index contributed by atoms with van der Waals surface area (Å²) in [5, 5.41) is 11.6. The molecule has 2 aromatic carbocycles. The second kappa shape index (κ2) is 7.83. The van der Waals surface area contributed by atoms with E-state index < -0.39 is 0 Å². The van der Waals surface area contributed by atoms with Crippen LogP contribution >= 0.6 is 0 Å². The number of carbonyl (C=O) groups excluding carboxylic acids is 1. The molecular weight excluding hydrogens is 390 g/mol. The van der Waals surface area contributed by atoms with E-state index >= 15 is 0 Å². The summed E-state index contributed by atoms with van der Waals surface area (Å²) in [4.78, 5) is 21.3. The highest BCUT2D eigenvalue weighted by atomic mass is 16.1. The quantitative estimate of drug-likeness (QED) is 0.480. The van der Waals surface area contributed by atoms with Gasteiger partial charge in [0, 0.05) is 11.8 Å². The maximum atomic E-state index is 13.0. The highest BCUT2D eigenvalue weighted by molar-refractivity contribution is 6.00. The first-order chi connectivity index (χ1) is 15.2. The van der Waals surface area contributed by atoms with Gasteiger partial charge >= 0.3 is 0 Å². The monoisotopic (exact) mass is 409 g/mol. The van der Waals surface area contributed by atoms with Crippen molar-refractivity contribution in [2.75, 3.05) is 0 Å². The number of nitrogens with one attached hydrogen (secondary N) is 1. The molecule has 0 radical (unpaired) electrons. The fourth-order valence-corrected chi connectivity index (χ4v) is 3.49. The lowest BCUT2D eigenvalue weighted by atomic mass is 10.1. The molecule has 1 N–H and O–H groups in total. The van der Waals surface area contributed by atoms with Gasteiger partial charge in [-0.05, 0) is 30.7 Å². The van der Waals surface area contributed by atoms with E-state index in [0.717, 1.165) is 22.5 Å². The number of carbonyl (C=O) groups is 1. The number of nitrogens with zero attached hydrogens (tertiary/aromatic N) is 6. The Morgan fingerprint density at radius 2 is 1.81 bits per heavy atom. The van der Waals surface area contributed by atoms with Gasteiger partial charge in [0.25, 0.3) is 5.91 Å². The molecule has 8 nitrogen and oxygen atoms in total. The third kappa shape index (κ3) is 3.55. The third-order valence-electron chi connectivity index (χ3n) is 5.14. The van der Waals surface area contributed by atoms with Gasteiger partial charge in [-0.3, -0.25) is 4.79 Å². The summed E-state index contributed by atoms with van der Waals surface area (Å²) in [5.74, 6) is -0.222. The van der Waals surface area contributed by atoms with Gasteiger partial charge in [-0.25, -0.2) is 19.2 Å². The van der Waals surface area contributed by atoms with Crippen molar-refractivity contribution in [3.8, 4) is 16.9 Å². The number of hydrogen-bond acceptors (Lipinski definition) is 5. The molecule has 0 saturated carbocycles. The molecule has 5 rings (SSSR count). The van der Waals surface area contributed by atoms with Gasteiger partial charge < -0.3 is 5.32 Å². The normalized spacial score (nSPS) is 12.0. The molecule has 1 atom stereocenters. The molecule has 8 heteroatoms. The van der Waals surface area contributed by atoms with Crippen LogP contribution < -0.4 is 5.32 Å². The fourth-order valence-electron chi connectivity index (χ4n) is 3.49. The van der Waals surface area contributed by atoms with Crippen LogP contribution in [0.25, 0.3) is 22.6 Å². The number of amides is 1. The first kappa shape index (κ1) is 18.7. The van der Waals surface area contributed by atoms with E-state index in [4.69, 9.17) is 0 Å². The van der Waals surface area contributed by atoms with Crippen molar-refractivity contribution < 1.29 is 4.79 Å². The Bertz CT molecular complexity index is 1330. The van der Waals surface area contributed by atoms with Crippen molar-refractivity contribution in [1.29, 1.82) is 0 Å². The van der Waals surface area contributed by atoms with Crippen LogP contribution in [0.1, 0.15) is 28.9 Å². The Morgan fingerprint density at radius 1 is 1.00 bits per heavy atom. The first-order valence-corrected chi connectivity index (χ1v) is 9.85. The molecular formula is C23H19N7O. The van der Waals surface area contributed by atoms with Crippen LogP contribution in [0, 0.1) is 0 Å². The average molecular weight is 409 g/mol. The zero-order valence-electron chi connectivity index (χ0n) is 16.8. The standard InChI is InChI=1S/C23H19N7O/c1-16(17-7-9-19(10-8-17)29-15-24-14-27-29)28-23(31)20-13-26-30-21(11-12-25-22(20)30)18-5-3-2-4-6-18/h2-16H,1H3,(H,28,31). The Balaban J connectivity index is 1.38. The van der Waals surface area contributed by atoms with E-state index in [0.29, 0.717) is 11.2 Å². The maximum absolute atomic E-state index is 13.0. The number of aromatic nitrogens is 6. The van der Waals surface area contributed by atoms with E-state index in [-0.39, 0.29) is 11.9 Å². The van der Waals surface area contributed by atoms with Crippen molar-refractivity contribution in [2.24, 2.45) is 0 Å². The van der Waals surface area contributed by atoms with E-state index in [1.807, 2.05) is 67.6 Å². The van der Waals surface area contributed by atoms with Gasteiger partial charge in [-0.1, -0.05) is 42.5 Å². The van der Waals surface area contributed by atoms with E-state index in [2.05, 4.69) is 25.5 Å². The summed E-state index contributed by atoms with van der Waals surface area (Å²) in [7, 11) is 0. The summed E-state index contributed by atoms with van der Waals surface area (Å²) < 4.78 is 3.38. The number of fused-ring (bicyclic) bond motifs is 1. The number of hydrogen-bond donors (Lipinski definition) is 1. The summed E-state index contributed by atoms with van der Waals surface area (Å²) in [5.41, 5.74) is 4.72. The van der Waals surface area contributed by atoms with Crippen LogP contribution in [0.3, 0.4) is 0 Å². The van der Waals surface area contributed by atoms with Gasteiger partial charge in [-0.2, -0.15) is 10.2 Å². The number of rotatable bonds is 5. The van der Waals surface area contributed by atoms with Crippen molar-refractivity contribution >= 4 is 11.6 Å². The lowest BCUT2D eigenvalue weighted by Crippen LogP contribution is -2.26. The summed E-state index contributed by atoms with van der Waals surface area (Å²) in [6.45, 7) is 1.94. The largest absolute Gasteiger partial charge is 0.345 e. The van der Waals surface area contributed by atoms with Crippen LogP contribution in [0.5, 0.6) is 0 Å². The fraction of sp³-hybridized carbons (Fsp3) is 0.0870. The van der Waals surface area contributed by atoms with Crippen molar-refractivity contribution in [1.82, 2.24) is 34.7 Å². The molecule has 0 aliphatic carbocycles. The lowest BCUT2D eigenvalue weighted by molar-refractivity contribution is 0.0941. The summed E-state index contributed by atoms with van der Waals surface area (Å²) in [6, 6.07) is 19.4. The second-order valence-corrected chi connectivity index (χ2v) is 7.12. The topological polar surface area (TPSA) is 90.0 Å². The minimum absolute atomic E-state index is 0.190. The predicted molar refractivity (Wildman–Crippen MR) is 116 cm³/mol. The highest BCUT2D eigenvalue weighted by Crippen LogP contribution is 2.21. The predicted octanol–water partition coefficient (Wildman–Crippen LogP) is 3.47. The maximum Gasteiger partial charge on any atom is 0.257 e. The zero-order chi connectivity index (χ0) is 21.2. The second-order valence-electron chi connectivity index (χ2n) is 7.12. The molecule has 0 fully saturated rings. The molecule has 5 aromatic rings. The molecule has 152 valence electrons. The summed E-state index contributed by atoms with van der Waals surface area (Å²) in [6.07, 6.45) is 6.39. The van der Waals surface area contributed by atoms with E-state index in [1.54, 1.807) is 27.9 Å². The van der Waals surface area contributed by atoms with Crippen LogP contribution in [0.2, 0.25) is 0 Å². The minimum atomic E-state index is -0.222. The molecule has 0 aliphatic heterocycles. The molecule has 0 aliphatic rings. The van der Waals surface area contributed by atoms with Gasteiger partial charge in [0.1, 0.15) is 18.2 Å². The van der Waals surface area contributed by atoms with Crippen molar-refractivity contribution in [3.05, 3.63) is 96.8 Å². The first-order valence-electron chi connectivity index (χ1n) is 9.85. The Morgan fingerprint density at radius 3 is 2.55 bits per heavy atom. The molecule has 0 bridgehead atoms. The SMILES string of the molecule is CC(NC(=O)c1cnn2c(-c3ccccc3)ccnc12)c1ccc(-n2cncn2)cc1. The Hall–Kier alpha value is -4.33. The van der Waals surface area contributed by atoms with E-state index in [9.17, 15) is 4.79 Å². The summed E-state index contributed by atoms with van der Waals surface area (Å²) >= 11 is 0. The van der Waals surface area contributed by atoms with Gasteiger partial charge in [-0.15, -0.1) is 0 Å². The molecule has 31 heavy (non-hydrogen) atoms.